The Morgan fingerprint density at radius 3 is 2.16 bits per heavy atom. The van der Waals surface area contributed by atoms with Gasteiger partial charge in [0, 0.05) is 16.9 Å². The van der Waals surface area contributed by atoms with Crippen LogP contribution in [0.1, 0.15) is 120 Å². The maximum atomic E-state index is 14.5. The Morgan fingerprint density at radius 1 is 0.867 bits per heavy atom. The molecule has 0 amide bonds. The lowest BCUT2D eigenvalue weighted by atomic mass is 9.35. The standard InChI is InChI=1S/C37H49NO7/c1-32(2)26-11-14-36(6)28(35(26,5)13-12-27(32)45-30(42)22-10-8-7-9-21(22)29(40)41)25(39)19-23-24-20-34(4,31(43)44)16-15-33(24,3)17-18-37(23,36)38/h7-10,19,24,26-28H,11-18,20,38H2,1-6H3,(H,40,41)(H,43,44)/t24-,26?,27-,28+,33+,34-,35-,36+,37-/m0/s1. The number of carbonyl (C=O) groups is 4. The molecule has 6 rings (SSSR count). The minimum atomic E-state index is -1.17. The lowest BCUT2D eigenvalue weighted by molar-refractivity contribution is -0.192. The molecule has 0 aliphatic heterocycles. The molecule has 4 saturated carbocycles. The van der Waals surface area contributed by atoms with Gasteiger partial charge in [-0.05, 0) is 117 Å². The predicted octanol–water partition coefficient (Wildman–Crippen LogP) is 6.67. The van der Waals surface area contributed by atoms with Crippen molar-refractivity contribution in [2.75, 3.05) is 0 Å². The van der Waals surface area contributed by atoms with Gasteiger partial charge in [0.2, 0.25) is 0 Å². The Balaban J connectivity index is 1.33. The van der Waals surface area contributed by atoms with Crippen LogP contribution in [-0.2, 0) is 14.3 Å². The summed E-state index contributed by atoms with van der Waals surface area (Å²) in [5.41, 5.74) is 5.60. The summed E-state index contributed by atoms with van der Waals surface area (Å²) >= 11 is 0. The van der Waals surface area contributed by atoms with E-state index in [4.69, 9.17) is 10.5 Å². The molecule has 0 radical (unpaired) electrons. The Morgan fingerprint density at radius 2 is 1.51 bits per heavy atom. The lowest BCUT2D eigenvalue weighted by Crippen LogP contribution is -2.72. The fourth-order valence-corrected chi connectivity index (χ4v) is 11.3. The number of carboxylic acid groups (broad SMARTS) is 2. The number of aliphatic carboxylic acids is 1. The second-order valence-electron chi connectivity index (χ2n) is 16.8. The molecule has 4 fully saturated rings. The van der Waals surface area contributed by atoms with Crippen LogP contribution >= 0.6 is 0 Å². The van der Waals surface area contributed by atoms with Gasteiger partial charge in [-0.15, -0.1) is 0 Å². The van der Waals surface area contributed by atoms with Crippen LogP contribution in [0.25, 0.3) is 0 Å². The van der Waals surface area contributed by atoms with Crippen molar-refractivity contribution >= 4 is 23.7 Å². The smallest absolute Gasteiger partial charge is 0.339 e. The Kier molecular flexibility index (Phi) is 7.10. The summed E-state index contributed by atoms with van der Waals surface area (Å²) in [4.78, 5) is 52.0. The molecular weight excluding hydrogens is 570 g/mol. The van der Waals surface area contributed by atoms with Crippen LogP contribution in [0.5, 0.6) is 0 Å². The van der Waals surface area contributed by atoms with E-state index in [0.29, 0.717) is 25.7 Å². The fourth-order valence-electron chi connectivity index (χ4n) is 11.3. The van der Waals surface area contributed by atoms with Crippen molar-refractivity contribution in [2.45, 2.75) is 111 Å². The van der Waals surface area contributed by atoms with Crippen LogP contribution < -0.4 is 5.73 Å². The van der Waals surface area contributed by atoms with Crippen molar-refractivity contribution in [3.05, 3.63) is 47.0 Å². The number of allylic oxidation sites excluding steroid dienone is 1. The molecule has 0 spiro atoms. The molecule has 5 aliphatic carbocycles. The number of fused-ring (bicyclic) bond motifs is 7. The van der Waals surface area contributed by atoms with E-state index in [-0.39, 0.29) is 45.5 Å². The van der Waals surface area contributed by atoms with E-state index in [9.17, 15) is 29.4 Å². The largest absolute Gasteiger partial charge is 0.481 e. The number of hydrogen-bond acceptors (Lipinski definition) is 6. The van der Waals surface area contributed by atoms with Crippen LogP contribution in [0.4, 0.5) is 0 Å². The highest BCUT2D eigenvalue weighted by atomic mass is 16.5. The van der Waals surface area contributed by atoms with Gasteiger partial charge in [0.15, 0.2) is 5.78 Å². The monoisotopic (exact) mass is 619 g/mol. The van der Waals surface area contributed by atoms with Gasteiger partial charge in [-0.25, -0.2) is 9.59 Å². The lowest BCUT2D eigenvalue weighted by Gasteiger charge is -2.70. The maximum absolute atomic E-state index is 14.5. The van der Waals surface area contributed by atoms with Crippen molar-refractivity contribution in [1.82, 2.24) is 0 Å². The van der Waals surface area contributed by atoms with Crippen LogP contribution in [0.15, 0.2) is 35.9 Å². The highest BCUT2D eigenvalue weighted by Gasteiger charge is 2.71. The molecule has 1 aromatic rings. The zero-order chi connectivity index (χ0) is 33.0. The average molecular weight is 620 g/mol. The Hall–Kier alpha value is -3.00. The molecule has 1 aromatic carbocycles. The molecule has 4 N–H and O–H groups in total. The number of nitrogens with two attached hydrogens (primary N) is 1. The van der Waals surface area contributed by atoms with Crippen molar-refractivity contribution in [3.63, 3.8) is 0 Å². The first-order valence-corrected chi connectivity index (χ1v) is 16.7. The molecule has 0 heterocycles. The summed E-state index contributed by atoms with van der Waals surface area (Å²) in [6.45, 7) is 12.8. The SMILES string of the molecule is CC1(C)C2CC[C@]3(C)[C@H](C(=O)C=C4[C@@H]5C[C@@](C)(C(=O)O)CC[C@]5(C)CC[C@]43N)[C@@]2(C)CC[C@@H]1OC(=O)c1ccccc1C(=O)O. The number of benzene rings is 1. The van der Waals surface area contributed by atoms with Gasteiger partial charge in [-0.1, -0.05) is 46.8 Å². The number of aromatic carboxylic acids is 1. The van der Waals surface area contributed by atoms with E-state index in [1.165, 1.54) is 12.1 Å². The molecule has 5 aliphatic rings. The summed E-state index contributed by atoms with van der Waals surface area (Å²) < 4.78 is 6.11. The molecule has 244 valence electrons. The molecule has 8 nitrogen and oxygen atoms in total. The number of rotatable bonds is 4. The summed E-state index contributed by atoms with van der Waals surface area (Å²) in [5.74, 6) is -2.75. The summed E-state index contributed by atoms with van der Waals surface area (Å²) in [6, 6.07) is 6.12. The average Bonchev–Trinajstić information content (AvgIpc) is 2.96. The maximum Gasteiger partial charge on any atom is 0.339 e. The Labute approximate surface area is 266 Å². The molecule has 0 aromatic heterocycles. The van der Waals surface area contributed by atoms with Gasteiger partial charge < -0.3 is 20.7 Å². The number of hydrogen-bond donors (Lipinski definition) is 3. The minimum absolute atomic E-state index is 0.0429. The second-order valence-corrected chi connectivity index (χ2v) is 16.8. The zero-order valence-corrected chi connectivity index (χ0v) is 27.6. The predicted molar refractivity (Wildman–Crippen MR) is 168 cm³/mol. The van der Waals surface area contributed by atoms with E-state index in [1.54, 1.807) is 12.1 Å². The summed E-state index contributed by atoms with van der Waals surface area (Å²) in [6.07, 6.45) is 7.88. The highest BCUT2D eigenvalue weighted by Crippen LogP contribution is 2.72. The third-order valence-electron chi connectivity index (χ3n) is 14.2. The number of esters is 1. The number of carbonyl (C=O) groups excluding carboxylic acids is 2. The quantitative estimate of drug-likeness (QED) is 0.317. The number of carboxylic acids is 2. The molecule has 1 unspecified atom stereocenters. The minimum Gasteiger partial charge on any atom is -0.481 e. The molecule has 0 saturated heterocycles. The van der Waals surface area contributed by atoms with Gasteiger partial charge >= 0.3 is 17.9 Å². The summed E-state index contributed by atoms with van der Waals surface area (Å²) in [5, 5.41) is 19.8. The van der Waals surface area contributed by atoms with Gasteiger partial charge in [0.05, 0.1) is 16.5 Å². The fraction of sp³-hybridized carbons (Fsp3) is 0.676. The molecule has 8 heteroatoms. The van der Waals surface area contributed by atoms with Crippen molar-refractivity contribution in [3.8, 4) is 0 Å². The summed E-state index contributed by atoms with van der Waals surface area (Å²) in [7, 11) is 0. The van der Waals surface area contributed by atoms with E-state index in [2.05, 4.69) is 34.6 Å². The van der Waals surface area contributed by atoms with Crippen LogP contribution in [0.2, 0.25) is 0 Å². The Bertz CT molecular complexity index is 1510. The zero-order valence-electron chi connectivity index (χ0n) is 27.6. The van der Waals surface area contributed by atoms with Gasteiger partial charge in [-0.3, -0.25) is 9.59 Å². The van der Waals surface area contributed by atoms with E-state index >= 15 is 0 Å². The number of ether oxygens (including phenoxy) is 1. The second kappa shape index (κ2) is 10.00. The van der Waals surface area contributed by atoms with Crippen molar-refractivity contribution < 1.29 is 34.1 Å². The third-order valence-corrected chi connectivity index (χ3v) is 14.2. The van der Waals surface area contributed by atoms with Crippen molar-refractivity contribution in [1.29, 1.82) is 0 Å². The first kappa shape index (κ1) is 32.0. The van der Waals surface area contributed by atoms with Crippen molar-refractivity contribution in [2.24, 2.45) is 50.6 Å². The topological polar surface area (TPSA) is 144 Å². The van der Waals surface area contributed by atoms with Gasteiger partial charge in [0.1, 0.15) is 6.10 Å². The normalized spacial score (nSPS) is 43.4. The van der Waals surface area contributed by atoms with Crippen LogP contribution in [0, 0.1) is 44.8 Å². The van der Waals surface area contributed by atoms with E-state index in [0.717, 1.165) is 37.7 Å². The first-order chi connectivity index (χ1) is 20.8. The first-order valence-electron chi connectivity index (χ1n) is 16.7. The molecular formula is C37H49NO7. The molecule has 0 bridgehead atoms. The van der Waals surface area contributed by atoms with Gasteiger partial charge in [0.25, 0.3) is 0 Å². The number of ketones is 1. The van der Waals surface area contributed by atoms with Gasteiger partial charge in [-0.2, -0.15) is 0 Å². The van der Waals surface area contributed by atoms with Crippen LogP contribution in [0.3, 0.4) is 0 Å². The van der Waals surface area contributed by atoms with E-state index in [1.807, 2.05) is 13.0 Å². The van der Waals surface area contributed by atoms with Crippen LogP contribution in [-0.4, -0.2) is 45.5 Å². The van der Waals surface area contributed by atoms with E-state index < -0.39 is 45.8 Å². The third kappa shape index (κ3) is 4.33. The molecule has 9 atom stereocenters. The highest BCUT2D eigenvalue weighted by molar-refractivity contribution is 6.02. The molecule has 45 heavy (non-hydrogen) atoms.